The normalized spacial score (nSPS) is 21.7. The Kier molecular flexibility index (Phi) is 5.64. The fraction of sp³-hybridized carbons (Fsp3) is 0.933. The van der Waals surface area contributed by atoms with Gasteiger partial charge in [0.05, 0.1) is 5.92 Å². The van der Waals surface area contributed by atoms with Crippen LogP contribution >= 0.6 is 0 Å². The van der Waals surface area contributed by atoms with Gasteiger partial charge >= 0.3 is 0 Å². The molecular weight excluding hydrogens is 238 g/mol. The number of unbranched alkanes of at least 4 members (excludes halogenated alkanes) is 1. The predicted octanol–water partition coefficient (Wildman–Crippen LogP) is 1.18. The molecule has 0 radical (unpaired) electrons. The molecule has 0 atom stereocenters. The van der Waals surface area contributed by atoms with E-state index in [-0.39, 0.29) is 5.92 Å². The highest BCUT2D eigenvalue weighted by Gasteiger charge is 2.31. The maximum atomic E-state index is 12.1. The molecule has 4 heteroatoms. The molecule has 2 aliphatic rings. The summed E-state index contributed by atoms with van der Waals surface area (Å²) in [4.78, 5) is 16.7. The van der Waals surface area contributed by atoms with Crippen molar-refractivity contribution in [2.24, 2.45) is 11.8 Å². The Morgan fingerprint density at radius 2 is 2.00 bits per heavy atom. The first-order valence-corrected chi connectivity index (χ1v) is 7.88. The number of hydrogen-bond donors (Lipinski definition) is 1. The Hall–Kier alpha value is -0.610. The quantitative estimate of drug-likeness (QED) is 0.785. The van der Waals surface area contributed by atoms with Gasteiger partial charge in [0.25, 0.3) is 0 Å². The van der Waals surface area contributed by atoms with Crippen molar-refractivity contribution >= 4 is 5.91 Å². The maximum Gasteiger partial charge on any atom is 0.228 e. The van der Waals surface area contributed by atoms with Crippen molar-refractivity contribution in [2.45, 2.75) is 32.6 Å². The van der Waals surface area contributed by atoms with E-state index in [0.717, 1.165) is 32.1 Å². The van der Waals surface area contributed by atoms with Crippen LogP contribution in [-0.4, -0.2) is 62.0 Å². The Morgan fingerprint density at radius 1 is 1.32 bits per heavy atom. The molecule has 1 N–H and O–H groups in total. The molecule has 2 rings (SSSR count). The average Bonchev–Trinajstić information content (AvgIpc) is 2.35. The molecule has 4 nitrogen and oxygen atoms in total. The Bertz CT molecular complexity index is 283. The summed E-state index contributed by atoms with van der Waals surface area (Å²) in [6.07, 6.45) is 4.93. The van der Waals surface area contributed by atoms with Gasteiger partial charge in [0, 0.05) is 32.7 Å². The molecule has 0 aromatic heterocycles. The van der Waals surface area contributed by atoms with Gasteiger partial charge in [-0.2, -0.15) is 0 Å². The van der Waals surface area contributed by atoms with Crippen LogP contribution in [0, 0.1) is 11.8 Å². The minimum Gasteiger partial charge on any atom is -0.342 e. The maximum absolute atomic E-state index is 12.1. The summed E-state index contributed by atoms with van der Waals surface area (Å²) in [5.41, 5.74) is 0. The zero-order valence-corrected chi connectivity index (χ0v) is 12.5. The van der Waals surface area contributed by atoms with Crippen molar-refractivity contribution in [3.8, 4) is 0 Å². The van der Waals surface area contributed by atoms with Gasteiger partial charge in [-0.3, -0.25) is 4.79 Å². The van der Waals surface area contributed by atoms with E-state index in [9.17, 15) is 4.79 Å². The van der Waals surface area contributed by atoms with Gasteiger partial charge in [-0.1, -0.05) is 13.3 Å². The number of nitrogens with one attached hydrogen (secondary N) is 1. The molecule has 2 fully saturated rings. The summed E-state index contributed by atoms with van der Waals surface area (Å²) in [7, 11) is 2.23. The lowest BCUT2D eigenvalue weighted by Crippen LogP contribution is -2.53. The second kappa shape index (κ2) is 7.25. The zero-order chi connectivity index (χ0) is 13.7. The highest BCUT2D eigenvalue weighted by atomic mass is 16.2. The summed E-state index contributed by atoms with van der Waals surface area (Å²) in [5.74, 6) is 1.44. The fourth-order valence-corrected chi connectivity index (χ4v) is 3.02. The van der Waals surface area contributed by atoms with Gasteiger partial charge < -0.3 is 15.1 Å². The first kappa shape index (κ1) is 14.8. The molecule has 0 aromatic carbocycles. The predicted molar refractivity (Wildman–Crippen MR) is 78.1 cm³/mol. The Morgan fingerprint density at radius 3 is 2.53 bits per heavy atom. The van der Waals surface area contributed by atoms with Crippen molar-refractivity contribution in [1.29, 1.82) is 0 Å². The van der Waals surface area contributed by atoms with Crippen LogP contribution in [0.3, 0.4) is 0 Å². The molecule has 0 spiro atoms. The third-order valence-electron chi connectivity index (χ3n) is 4.52. The molecule has 2 heterocycles. The molecule has 2 saturated heterocycles. The number of piperidine rings is 1. The summed E-state index contributed by atoms with van der Waals surface area (Å²) in [6, 6.07) is 0. The molecule has 110 valence electrons. The van der Waals surface area contributed by atoms with Gasteiger partial charge in [-0.25, -0.2) is 0 Å². The zero-order valence-electron chi connectivity index (χ0n) is 12.5. The molecule has 2 aliphatic heterocycles. The SMILES string of the molecule is CCCCN(C)CC1CCN(C(=O)C2CNC2)CC1. The van der Waals surface area contributed by atoms with Gasteiger partial charge in [0.1, 0.15) is 0 Å². The van der Waals surface area contributed by atoms with E-state index in [2.05, 4.69) is 29.1 Å². The van der Waals surface area contributed by atoms with Crippen LogP contribution in [0.2, 0.25) is 0 Å². The van der Waals surface area contributed by atoms with Crippen LogP contribution in [0.25, 0.3) is 0 Å². The van der Waals surface area contributed by atoms with Crippen LogP contribution < -0.4 is 5.32 Å². The number of rotatable bonds is 6. The van der Waals surface area contributed by atoms with E-state index < -0.39 is 0 Å². The summed E-state index contributed by atoms with van der Waals surface area (Å²) < 4.78 is 0. The largest absolute Gasteiger partial charge is 0.342 e. The lowest BCUT2D eigenvalue weighted by atomic mass is 9.94. The van der Waals surface area contributed by atoms with Crippen molar-refractivity contribution in [3.63, 3.8) is 0 Å². The summed E-state index contributed by atoms with van der Waals surface area (Å²) in [6.45, 7) is 8.38. The third-order valence-corrected chi connectivity index (χ3v) is 4.52. The van der Waals surface area contributed by atoms with Crippen LogP contribution in [0.15, 0.2) is 0 Å². The van der Waals surface area contributed by atoms with Gasteiger partial charge in [0.15, 0.2) is 0 Å². The molecular formula is C15H29N3O. The molecule has 0 bridgehead atoms. The molecule has 0 aliphatic carbocycles. The number of amides is 1. The summed E-state index contributed by atoms with van der Waals surface area (Å²) >= 11 is 0. The minimum absolute atomic E-state index is 0.267. The monoisotopic (exact) mass is 267 g/mol. The van der Waals surface area contributed by atoms with E-state index >= 15 is 0 Å². The number of carbonyl (C=O) groups excluding carboxylic acids is 1. The Balaban J connectivity index is 1.65. The van der Waals surface area contributed by atoms with Crippen molar-refractivity contribution in [2.75, 3.05) is 46.3 Å². The van der Waals surface area contributed by atoms with Crippen LogP contribution in [-0.2, 0) is 4.79 Å². The number of carbonyl (C=O) groups is 1. The molecule has 0 aromatic rings. The van der Waals surface area contributed by atoms with Crippen molar-refractivity contribution < 1.29 is 4.79 Å². The van der Waals surface area contributed by atoms with E-state index in [1.54, 1.807) is 0 Å². The van der Waals surface area contributed by atoms with Crippen molar-refractivity contribution in [1.82, 2.24) is 15.1 Å². The highest BCUT2D eigenvalue weighted by Crippen LogP contribution is 2.20. The standard InChI is InChI=1S/C15H29N3O/c1-3-4-7-17(2)12-13-5-8-18(9-6-13)15(19)14-10-16-11-14/h13-14,16H,3-12H2,1-2H3. The second-order valence-corrected chi connectivity index (χ2v) is 6.24. The second-order valence-electron chi connectivity index (χ2n) is 6.24. The molecule has 0 unspecified atom stereocenters. The molecule has 1 amide bonds. The number of hydrogen-bond acceptors (Lipinski definition) is 3. The van der Waals surface area contributed by atoms with E-state index in [1.807, 2.05) is 0 Å². The summed E-state index contributed by atoms with van der Waals surface area (Å²) in [5, 5.41) is 3.18. The number of nitrogens with zero attached hydrogens (tertiary/aromatic N) is 2. The van der Waals surface area contributed by atoms with Gasteiger partial charge in [-0.05, 0) is 38.8 Å². The van der Waals surface area contributed by atoms with Crippen LogP contribution in [0.5, 0.6) is 0 Å². The molecule has 0 saturated carbocycles. The average molecular weight is 267 g/mol. The topological polar surface area (TPSA) is 35.6 Å². The first-order valence-electron chi connectivity index (χ1n) is 7.88. The third kappa shape index (κ3) is 4.18. The van der Waals surface area contributed by atoms with E-state index in [4.69, 9.17) is 0 Å². The van der Waals surface area contributed by atoms with E-state index in [1.165, 1.54) is 38.8 Å². The van der Waals surface area contributed by atoms with E-state index in [0.29, 0.717) is 5.91 Å². The molecule has 19 heavy (non-hydrogen) atoms. The lowest BCUT2D eigenvalue weighted by Gasteiger charge is -2.37. The van der Waals surface area contributed by atoms with Crippen LogP contribution in [0.1, 0.15) is 32.6 Å². The number of likely N-dealkylation sites (tertiary alicyclic amines) is 1. The fourth-order valence-electron chi connectivity index (χ4n) is 3.02. The van der Waals surface area contributed by atoms with Crippen LogP contribution in [0.4, 0.5) is 0 Å². The van der Waals surface area contributed by atoms with Gasteiger partial charge in [-0.15, -0.1) is 0 Å². The highest BCUT2D eigenvalue weighted by molar-refractivity contribution is 5.80. The smallest absolute Gasteiger partial charge is 0.228 e. The minimum atomic E-state index is 0.267. The first-order chi connectivity index (χ1) is 9.20. The van der Waals surface area contributed by atoms with Crippen molar-refractivity contribution in [3.05, 3.63) is 0 Å². The lowest BCUT2D eigenvalue weighted by molar-refractivity contribution is -0.138. The Labute approximate surface area is 117 Å². The van der Waals surface area contributed by atoms with Gasteiger partial charge in [0.2, 0.25) is 5.91 Å².